The molecule has 6 rings (SSSR count). The number of carbonyl (C=O) groups excluding carboxylic acids is 1. The average Bonchev–Trinajstić information content (AvgIpc) is 3.70. The molecule has 1 atom stereocenters. The van der Waals surface area contributed by atoms with E-state index >= 15 is 0 Å². The molecular formula is C29H19ClN4O5S2. The predicted molar refractivity (Wildman–Crippen MR) is 159 cm³/mol. The number of allylic oxidation sites excluding steroid dienone is 1. The van der Waals surface area contributed by atoms with Gasteiger partial charge in [0.2, 0.25) is 0 Å². The Morgan fingerprint density at radius 2 is 1.95 bits per heavy atom. The molecule has 0 saturated carbocycles. The highest BCUT2D eigenvalue weighted by molar-refractivity contribution is 7.10. The van der Waals surface area contributed by atoms with E-state index in [-0.39, 0.29) is 33.5 Å². The SMILES string of the molecule is CC1=C(C(=O)Nc2ccccc2)C(c2cccs2)n2c(s/c(=C\c3ccc(-c4ccc(Cl)cc4[N+](=O)[O-])o3)c2=O)=N1. The molecule has 0 fully saturated rings. The molecule has 5 aromatic rings. The van der Waals surface area contributed by atoms with Crippen molar-refractivity contribution in [3.8, 4) is 11.3 Å². The van der Waals surface area contributed by atoms with Crippen LogP contribution >= 0.6 is 34.3 Å². The van der Waals surface area contributed by atoms with Crippen molar-refractivity contribution >= 4 is 57.6 Å². The Balaban J connectivity index is 1.42. The molecule has 204 valence electrons. The molecule has 2 aromatic carbocycles. The van der Waals surface area contributed by atoms with Crippen LogP contribution in [0.5, 0.6) is 0 Å². The Kier molecular flexibility index (Phi) is 7.00. The third kappa shape index (κ3) is 5.06. The lowest BCUT2D eigenvalue weighted by atomic mass is 10.0. The van der Waals surface area contributed by atoms with Crippen molar-refractivity contribution < 1.29 is 14.1 Å². The Labute approximate surface area is 245 Å². The number of amides is 1. The van der Waals surface area contributed by atoms with Gasteiger partial charge >= 0.3 is 0 Å². The first kappa shape index (κ1) is 26.6. The number of nitro benzene ring substituents is 1. The second-order valence-electron chi connectivity index (χ2n) is 9.04. The number of halogens is 1. The summed E-state index contributed by atoms with van der Waals surface area (Å²) in [4.78, 5) is 44.2. The maximum Gasteiger partial charge on any atom is 0.281 e. The summed E-state index contributed by atoms with van der Waals surface area (Å²) in [5.74, 6) is 0.255. The first-order valence-electron chi connectivity index (χ1n) is 12.3. The van der Waals surface area contributed by atoms with E-state index in [1.165, 1.54) is 39.4 Å². The summed E-state index contributed by atoms with van der Waals surface area (Å²) >= 11 is 8.57. The number of nitro groups is 1. The first-order valence-corrected chi connectivity index (χ1v) is 14.3. The highest BCUT2D eigenvalue weighted by atomic mass is 35.5. The third-order valence-corrected chi connectivity index (χ3v) is 8.58. The quantitative estimate of drug-likeness (QED) is 0.196. The topological polar surface area (TPSA) is 120 Å². The molecular weight excluding hydrogens is 584 g/mol. The van der Waals surface area contributed by atoms with E-state index in [0.29, 0.717) is 32.1 Å². The van der Waals surface area contributed by atoms with E-state index in [4.69, 9.17) is 16.0 Å². The molecule has 1 N–H and O–H groups in total. The number of rotatable bonds is 6. The van der Waals surface area contributed by atoms with Gasteiger partial charge in [0.25, 0.3) is 17.2 Å². The monoisotopic (exact) mass is 602 g/mol. The van der Waals surface area contributed by atoms with Crippen LogP contribution in [-0.2, 0) is 4.79 Å². The second-order valence-corrected chi connectivity index (χ2v) is 11.5. The Hall–Kier alpha value is -4.58. The maximum absolute atomic E-state index is 13.8. The molecule has 4 heterocycles. The number of benzene rings is 2. The van der Waals surface area contributed by atoms with E-state index in [1.807, 2.05) is 35.7 Å². The van der Waals surface area contributed by atoms with Crippen molar-refractivity contribution in [2.24, 2.45) is 4.99 Å². The van der Waals surface area contributed by atoms with Gasteiger partial charge in [0.1, 0.15) is 17.6 Å². The minimum Gasteiger partial charge on any atom is -0.456 e. The zero-order chi connectivity index (χ0) is 28.7. The molecule has 0 spiro atoms. The number of thiophene rings is 1. The van der Waals surface area contributed by atoms with Gasteiger partial charge in [0, 0.05) is 27.7 Å². The third-order valence-electron chi connectivity index (χ3n) is 6.43. The summed E-state index contributed by atoms with van der Waals surface area (Å²) in [6, 6.07) is 19.7. The number of hydrogen-bond donors (Lipinski definition) is 1. The summed E-state index contributed by atoms with van der Waals surface area (Å²) in [6.07, 6.45) is 1.57. The van der Waals surface area contributed by atoms with Crippen LogP contribution in [0.1, 0.15) is 23.6 Å². The smallest absolute Gasteiger partial charge is 0.281 e. The molecule has 1 amide bonds. The molecule has 1 unspecified atom stereocenters. The van der Waals surface area contributed by atoms with Gasteiger partial charge in [-0.05, 0) is 54.8 Å². The van der Waals surface area contributed by atoms with Gasteiger partial charge in [-0.2, -0.15) is 0 Å². The van der Waals surface area contributed by atoms with Crippen molar-refractivity contribution in [2.75, 3.05) is 5.32 Å². The lowest BCUT2D eigenvalue weighted by molar-refractivity contribution is -0.384. The van der Waals surface area contributed by atoms with Gasteiger partial charge in [-0.25, -0.2) is 4.99 Å². The van der Waals surface area contributed by atoms with E-state index in [0.717, 1.165) is 4.88 Å². The molecule has 41 heavy (non-hydrogen) atoms. The highest BCUT2D eigenvalue weighted by Crippen LogP contribution is 2.34. The zero-order valence-electron chi connectivity index (χ0n) is 21.2. The normalized spacial score (nSPS) is 15.0. The fourth-order valence-corrected chi connectivity index (χ4v) is 6.63. The largest absolute Gasteiger partial charge is 0.456 e. The lowest BCUT2D eigenvalue weighted by Crippen LogP contribution is -2.40. The predicted octanol–water partition coefficient (Wildman–Crippen LogP) is 5.76. The Morgan fingerprint density at radius 1 is 1.15 bits per heavy atom. The molecule has 0 saturated heterocycles. The summed E-state index contributed by atoms with van der Waals surface area (Å²) in [5, 5.41) is 16.6. The fraction of sp³-hybridized carbons (Fsp3) is 0.0690. The first-order chi connectivity index (χ1) is 19.8. The van der Waals surface area contributed by atoms with E-state index in [9.17, 15) is 19.7 Å². The highest BCUT2D eigenvalue weighted by Gasteiger charge is 2.33. The molecule has 12 heteroatoms. The molecule has 0 bridgehead atoms. The number of carbonyl (C=O) groups is 1. The van der Waals surface area contributed by atoms with Crippen LogP contribution in [0, 0.1) is 10.1 Å². The number of para-hydroxylation sites is 1. The fourth-order valence-electron chi connectivity index (χ4n) is 4.62. The Morgan fingerprint density at radius 3 is 2.68 bits per heavy atom. The van der Waals surface area contributed by atoms with Crippen molar-refractivity contribution in [3.05, 3.63) is 135 Å². The van der Waals surface area contributed by atoms with Crippen LogP contribution in [0.25, 0.3) is 17.4 Å². The van der Waals surface area contributed by atoms with Crippen molar-refractivity contribution in [1.29, 1.82) is 0 Å². The van der Waals surface area contributed by atoms with Gasteiger partial charge in [0.05, 0.1) is 26.3 Å². The van der Waals surface area contributed by atoms with Crippen LogP contribution in [0.15, 0.2) is 104 Å². The summed E-state index contributed by atoms with van der Waals surface area (Å²) in [7, 11) is 0. The summed E-state index contributed by atoms with van der Waals surface area (Å²) < 4.78 is 7.76. The van der Waals surface area contributed by atoms with E-state index < -0.39 is 11.0 Å². The van der Waals surface area contributed by atoms with Crippen molar-refractivity contribution in [1.82, 2.24) is 4.57 Å². The molecule has 0 aliphatic carbocycles. The summed E-state index contributed by atoms with van der Waals surface area (Å²) in [6.45, 7) is 1.76. The number of anilines is 1. The van der Waals surface area contributed by atoms with E-state index in [1.54, 1.807) is 43.3 Å². The average molecular weight is 603 g/mol. The minimum absolute atomic E-state index is 0.189. The van der Waals surface area contributed by atoms with Crippen LogP contribution in [0.2, 0.25) is 5.02 Å². The number of nitrogens with one attached hydrogen (secondary N) is 1. The second kappa shape index (κ2) is 10.8. The van der Waals surface area contributed by atoms with E-state index in [2.05, 4.69) is 10.3 Å². The Bertz CT molecular complexity index is 2020. The van der Waals surface area contributed by atoms with Crippen LogP contribution in [0.4, 0.5) is 11.4 Å². The van der Waals surface area contributed by atoms with Gasteiger partial charge in [-0.3, -0.25) is 24.3 Å². The molecule has 1 aliphatic heterocycles. The number of thiazole rings is 1. The summed E-state index contributed by atoms with van der Waals surface area (Å²) in [5.41, 5.74) is 1.27. The molecule has 0 radical (unpaired) electrons. The number of aromatic nitrogens is 1. The lowest BCUT2D eigenvalue weighted by Gasteiger charge is -2.24. The minimum atomic E-state index is -0.666. The zero-order valence-corrected chi connectivity index (χ0v) is 23.6. The molecule has 3 aromatic heterocycles. The standard InChI is InChI=1S/C29H19ClN4O5S2/c1-16-25(27(35)32-18-6-3-2-4-7-18)26(23-8-5-13-40-23)33-28(36)24(41-29(33)31-16)15-19-10-12-22(39-19)20-11-9-17(30)14-21(20)34(37)38/h2-15,26H,1H3,(H,32,35)/b24-15-. The van der Waals surface area contributed by atoms with Crippen LogP contribution < -0.4 is 20.2 Å². The number of nitrogens with zero attached hydrogens (tertiary/aromatic N) is 3. The number of hydrogen-bond acceptors (Lipinski definition) is 8. The van der Waals surface area contributed by atoms with Crippen molar-refractivity contribution in [3.63, 3.8) is 0 Å². The van der Waals surface area contributed by atoms with Gasteiger partial charge < -0.3 is 9.73 Å². The van der Waals surface area contributed by atoms with Gasteiger partial charge in [0.15, 0.2) is 4.80 Å². The number of fused-ring (bicyclic) bond motifs is 1. The molecule has 1 aliphatic rings. The van der Waals surface area contributed by atoms with Crippen LogP contribution in [0.3, 0.4) is 0 Å². The van der Waals surface area contributed by atoms with Crippen molar-refractivity contribution in [2.45, 2.75) is 13.0 Å². The molecule has 9 nitrogen and oxygen atoms in total. The van der Waals surface area contributed by atoms with Crippen LogP contribution in [-0.4, -0.2) is 15.4 Å². The van der Waals surface area contributed by atoms with Gasteiger partial charge in [-0.1, -0.05) is 47.2 Å². The number of furan rings is 1. The maximum atomic E-state index is 13.8. The van der Waals surface area contributed by atoms with Gasteiger partial charge in [-0.15, -0.1) is 11.3 Å².